The first-order valence-electron chi connectivity index (χ1n) is 13.6. The highest BCUT2D eigenvalue weighted by atomic mass is 19.1. The van der Waals surface area contributed by atoms with E-state index in [0.29, 0.717) is 28.3 Å². The lowest BCUT2D eigenvalue weighted by Gasteiger charge is -2.22. The maximum Gasteiger partial charge on any atom is 0.255 e. The van der Waals surface area contributed by atoms with Gasteiger partial charge >= 0.3 is 0 Å². The normalized spacial score (nSPS) is 12.3. The lowest BCUT2D eigenvalue weighted by Crippen LogP contribution is -2.32. The molecular formula is C33H30F2N6O2. The standard InChI is InChI=1S/C33H30F2N6O2/c1-21(2)43-31-18-25(39-32(36)29-5-3-4-14-38-29)11-13-27(31)33(42)40-30(19-41-16-15-37-20-41)26-12-8-23(17-28(26)35)22-6-9-24(34)10-7-22/h3-18,20-21,30H,19H2,1-2H3,(H2,36,39)(H,40,42). The van der Waals surface area contributed by atoms with E-state index in [1.165, 1.54) is 18.2 Å². The van der Waals surface area contributed by atoms with Crippen molar-refractivity contribution in [3.8, 4) is 16.9 Å². The fraction of sp³-hybridized carbons (Fsp3) is 0.152. The summed E-state index contributed by atoms with van der Waals surface area (Å²) in [6, 6.07) is 20.0. The summed E-state index contributed by atoms with van der Waals surface area (Å²) in [6.07, 6.45) is 6.32. The Morgan fingerprint density at radius 3 is 2.47 bits per heavy atom. The smallest absolute Gasteiger partial charge is 0.255 e. The first kappa shape index (κ1) is 29.1. The number of ether oxygens (including phenoxy) is 1. The summed E-state index contributed by atoms with van der Waals surface area (Å²) in [5.74, 6) is -0.831. The number of imidazole rings is 1. The van der Waals surface area contributed by atoms with Crippen LogP contribution in [0.3, 0.4) is 0 Å². The van der Waals surface area contributed by atoms with Crippen molar-refractivity contribution in [3.63, 3.8) is 0 Å². The van der Waals surface area contributed by atoms with E-state index < -0.39 is 17.8 Å². The van der Waals surface area contributed by atoms with E-state index in [-0.39, 0.29) is 35.4 Å². The lowest BCUT2D eigenvalue weighted by atomic mass is 9.99. The van der Waals surface area contributed by atoms with Gasteiger partial charge in [0.1, 0.15) is 28.9 Å². The van der Waals surface area contributed by atoms with Crippen LogP contribution in [0, 0.1) is 11.6 Å². The van der Waals surface area contributed by atoms with Gasteiger partial charge in [0.05, 0.1) is 29.7 Å². The molecule has 10 heteroatoms. The number of nitrogens with one attached hydrogen (secondary N) is 1. The molecule has 0 saturated carbocycles. The van der Waals surface area contributed by atoms with Crippen molar-refractivity contribution >= 4 is 17.4 Å². The molecule has 1 amide bonds. The number of nitrogens with two attached hydrogens (primary N) is 1. The molecule has 0 radical (unpaired) electrons. The summed E-state index contributed by atoms with van der Waals surface area (Å²) in [4.78, 5) is 26.4. The van der Waals surface area contributed by atoms with Gasteiger partial charge in [-0.05, 0) is 67.4 Å². The van der Waals surface area contributed by atoms with Crippen molar-refractivity contribution in [3.05, 3.63) is 132 Å². The van der Waals surface area contributed by atoms with E-state index in [1.807, 2.05) is 19.9 Å². The maximum absolute atomic E-state index is 15.6. The second-order valence-electron chi connectivity index (χ2n) is 10.1. The predicted octanol–water partition coefficient (Wildman–Crippen LogP) is 6.22. The van der Waals surface area contributed by atoms with Crippen LogP contribution in [0.2, 0.25) is 0 Å². The quantitative estimate of drug-likeness (QED) is 0.151. The van der Waals surface area contributed by atoms with Crippen molar-refractivity contribution < 1.29 is 18.3 Å². The number of benzene rings is 3. The molecule has 218 valence electrons. The third-order valence-corrected chi connectivity index (χ3v) is 6.56. The molecule has 3 N–H and O–H groups in total. The summed E-state index contributed by atoms with van der Waals surface area (Å²) in [6.45, 7) is 3.92. The number of aromatic nitrogens is 3. The Morgan fingerprint density at radius 1 is 1.00 bits per heavy atom. The largest absolute Gasteiger partial charge is 0.490 e. The molecule has 2 aromatic heterocycles. The average molecular weight is 581 g/mol. The van der Waals surface area contributed by atoms with Crippen molar-refractivity contribution in [2.24, 2.45) is 10.7 Å². The summed E-state index contributed by atoms with van der Waals surface area (Å²) in [7, 11) is 0. The van der Waals surface area contributed by atoms with E-state index in [9.17, 15) is 9.18 Å². The molecule has 1 unspecified atom stereocenters. The van der Waals surface area contributed by atoms with E-state index in [1.54, 1.807) is 84.1 Å². The number of amides is 1. The Balaban J connectivity index is 1.45. The molecule has 2 heterocycles. The fourth-order valence-corrected chi connectivity index (χ4v) is 4.53. The molecule has 1 atom stereocenters. The van der Waals surface area contributed by atoms with Gasteiger partial charge in [0.25, 0.3) is 5.91 Å². The molecule has 3 aromatic carbocycles. The van der Waals surface area contributed by atoms with Crippen LogP contribution in [0.25, 0.3) is 11.1 Å². The molecule has 43 heavy (non-hydrogen) atoms. The zero-order valence-electron chi connectivity index (χ0n) is 23.6. The van der Waals surface area contributed by atoms with Gasteiger partial charge in [0.15, 0.2) is 0 Å². The van der Waals surface area contributed by atoms with Crippen LogP contribution in [0.5, 0.6) is 5.75 Å². The van der Waals surface area contributed by atoms with Gasteiger partial charge in [-0.15, -0.1) is 0 Å². The summed E-state index contributed by atoms with van der Waals surface area (Å²) < 4.78 is 36.7. The first-order valence-corrected chi connectivity index (χ1v) is 13.6. The molecular weight excluding hydrogens is 550 g/mol. The van der Waals surface area contributed by atoms with Crippen molar-refractivity contribution in [1.29, 1.82) is 0 Å². The van der Waals surface area contributed by atoms with Crippen molar-refractivity contribution in [2.75, 3.05) is 0 Å². The van der Waals surface area contributed by atoms with Gasteiger partial charge < -0.3 is 20.4 Å². The molecule has 0 aliphatic rings. The lowest BCUT2D eigenvalue weighted by molar-refractivity contribution is 0.0926. The number of pyridine rings is 1. The topological polar surface area (TPSA) is 107 Å². The van der Waals surface area contributed by atoms with Crippen molar-refractivity contribution in [1.82, 2.24) is 19.9 Å². The van der Waals surface area contributed by atoms with Gasteiger partial charge in [0, 0.05) is 36.8 Å². The Labute approximate surface area is 247 Å². The van der Waals surface area contributed by atoms with Gasteiger partial charge in [-0.3, -0.25) is 9.78 Å². The summed E-state index contributed by atoms with van der Waals surface area (Å²) >= 11 is 0. The van der Waals surface area contributed by atoms with Gasteiger partial charge in [-0.1, -0.05) is 30.3 Å². The van der Waals surface area contributed by atoms with E-state index in [0.717, 1.165) is 0 Å². The number of nitrogens with zero attached hydrogens (tertiary/aromatic N) is 4. The van der Waals surface area contributed by atoms with Crippen LogP contribution in [-0.4, -0.2) is 32.4 Å². The monoisotopic (exact) mass is 580 g/mol. The van der Waals surface area contributed by atoms with E-state index in [4.69, 9.17) is 10.5 Å². The third kappa shape index (κ3) is 7.28. The highest BCUT2D eigenvalue weighted by molar-refractivity contribution is 5.99. The summed E-state index contributed by atoms with van der Waals surface area (Å²) in [5, 5.41) is 2.97. The maximum atomic E-state index is 15.6. The number of carbonyl (C=O) groups is 1. The Bertz CT molecular complexity index is 1720. The average Bonchev–Trinajstić information content (AvgIpc) is 3.50. The second kappa shape index (κ2) is 13.1. The minimum Gasteiger partial charge on any atom is -0.490 e. The Morgan fingerprint density at radius 2 is 1.79 bits per heavy atom. The SMILES string of the molecule is CC(C)Oc1cc(N=C(N)c2ccccn2)ccc1C(=O)NC(Cn1ccnc1)c1ccc(-c2ccc(F)cc2)cc1F. The van der Waals surface area contributed by atoms with Gasteiger partial charge in [-0.2, -0.15) is 0 Å². The Kier molecular flexibility index (Phi) is 8.85. The zero-order chi connectivity index (χ0) is 30.3. The van der Waals surface area contributed by atoms with Gasteiger partial charge in [0.2, 0.25) is 0 Å². The second-order valence-corrected chi connectivity index (χ2v) is 10.1. The minimum absolute atomic E-state index is 0.216. The number of rotatable bonds is 10. The molecule has 0 saturated heterocycles. The van der Waals surface area contributed by atoms with Crippen LogP contribution in [0.15, 0.2) is 109 Å². The number of hydrogen-bond donors (Lipinski definition) is 2. The number of aliphatic imine (C=N–C) groups is 1. The molecule has 0 aliphatic carbocycles. The molecule has 0 aliphatic heterocycles. The van der Waals surface area contributed by atoms with Crippen LogP contribution in [0.4, 0.5) is 14.5 Å². The Hall–Kier alpha value is -5.38. The molecule has 0 spiro atoms. The van der Waals surface area contributed by atoms with Crippen LogP contribution in [0.1, 0.15) is 41.5 Å². The van der Waals surface area contributed by atoms with Crippen LogP contribution < -0.4 is 15.8 Å². The van der Waals surface area contributed by atoms with E-state index >= 15 is 4.39 Å². The molecule has 5 rings (SSSR count). The number of hydrogen-bond acceptors (Lipinski definition) is 5. The van der Waals surface area contributed by atoms with E-state index in [2.05, 4.69) is 20.3 Å². The molecule has 5 aromatic rings. The highest BCUT2D eigenvalue weighted by Gasteiger charge is 2.23. The van der Waals surface area contributed by atoms with Crippen LogP contribution in [-0.2, 0) is 6.54 Å². The summed E-state index contributed by atoms with van der Waals surface area (Å²) in [5.41, 5.74) is 8.94. The number of carbonyl (C=O) groups excluding carboxylic acids is 1. The zero-order valence-corrected chi connectivity index (χ0v) is 23.6. The predicted molar refractivity (Wildman–Crippen MR) is 161 cm³/mol. The number of halogens is 2. The van der Waals surface area contributed by atoms with Gasteiger partial charge in [-0.25, -0.2) is 18.8 Å². The van der Waals surface area contributed by atoms with Crippen molar-refractivity contribution in [2.45, 2.75) is 32.5 Å². The number of amidine groups is 1. The third-order valence-electron chi connectivity index (χ3n) is 6.56. The molecule has 8 nitrogen and oxygen atoms in total. The van der Waals surface area contributed by atoms with Crippen LogP contribution >= 0.6 is 0 Å². The highest BCUT2D eigenvalue weighted by Crippen LogP contribution is 2.30. The minimum atomic E-state index is -0.756. The first-order chi connectivity index (χ1) is 20.8. The molecule has 0 fully saturated rings. The fourth-order valence-electron chi connectivity index (χ4n) is 4.53. The molecule has 0 bridgehead atoms.